The first-order valence-corrected chi connectivity index (χ1v) is 13.1. The van der Waals surface area contributed by atoms with Crippen LogP contribution in [-0.2, 0) is 0 Å². The number of thiophene rings is 1. The van der Waals surface area contributed by atoms with Gasteiger partial charge in [0.25, 0.3) is 5.91 Å². The number of anilines is 1. The Labute approximate surface area is 215 Å². The Balaban J connectivity index is 1.72. The zero-order valence-corrected chi connectivity index (χ0v) is 21.7. The second kappa shape index (κ2) is 10.2. The Morgan fingerprint density at radius 3 is 2.44 bits per heavy atom. The first-order chi connectivity index (χ1) is 17.5. The van der Waals surface area contributed by atoms with Crippen molar-refractivity contribution in [3.05, 3.63) is 59.5 Å². The number of fused-ring (bicyclic) bond motifs is 1. The number of nitrogens with zero attached hydrogens (tertiary/aromatic N) is 2. The number of methoxy groups -OCH3 is 2. The lowest BCUT2D eigenvalue weighted by atomic mass is 9.94. The van der Waals surface area contributed by atoms with Crippen LogP contribution in [0.2, 0.25) is 0 Å². The normalized spacial score (nSPS) is 14.1. The molecule has 2 heterocycles. The summed E-state index contributed by atoms with van der Waals surface area (Å²) in [6.07, 6.45) is 5.63. The third-order valence-corrected chi connectivity index (χ3v) is 8.19. The number of pyridine rings is 1. The zero-order valence-electron chi connectivity index (χ0n) is 20.9. The van der Waals surface area contributed by atoms with Crippen LogP contribution in [-0.4, -0.2) is 43.1 Å². The smallest absolute Gasteiger partial charge is 0.266 e. The molecule has 1 aliphatic carbocycles. The Morgan fingerprint density at radius 2 is 1.75 bits per heavy atom. The topological polar surface area (TPSA) is 77.7 Å². The van der Waals surface area contributed by atoms with Gasteiger partial charge in [0, 0.05) is 35.2 Å². The van der Waals surface area contributed by atoms with Crippen LogP contribution in [0.1, 0.15) is 41.8 Å². The SMILES string of the molecule is COc1cccc(-c2cc(-c3ccccc3)nc3sc(C(=O)N(C)C4CCCCC4)c(N)c23)c1OC. The van der Waals surface area contributed by atoms with Crippen LogP contribution in [0.5, 0.6) is 11.5 Å². The summed E-state index contributed by atoms with van der Waals surface area (Å²) < 4.78 is 11.3. The number of hydrogen-bond donors (Lipinski definition) is 1. The van der Waals surface area contributed by atoms with Crippen LogP contribution in [0, 0.1) is 0 Å². The van der Waals surface area contributed by atoms with Crippen LogP contribution in [0.25, 0.3) is 32.6 Å². The second-order valence-electron chi connectivity index (χ2n) is 9.20. The Morgan fingerprint density at radius 1 is 1.00 bits per heavy atom. The average Bonchev–Trinajstić information content (AvgIpc) is 3.28. The fourth-order valence-corrected chi connectivity index (χ4v) is 6.25. The molecule has 186 valence electrons. The molecule has 2 aromatic heterocycles. The standard InChI is InChI=1S/C29H31N3O3S/c1-32(19-13-8-5-9-14-19)29(33)27-25(30)24-21(20-15-10-16-23(34-2)26(20)35-3)17-22(31-28(24)36-27)18-11-6-4-7-12-18/h4,6-7,10-12,15-17,19H,5,8-9,13-14,30H2,1-3H3. The first kappa shape index (κ1) is 24.1. The molecule has 0 unspecified atom stereocenters. The lowest BCUT2D eigenvalue weighted by Gasteiger charge is -2.31. The lowest BCUT2D eigenvalue weighted by Crippen LogP contribution is -2.38. The van der Waals surface area contributed by atoms with Crippen molar-refractivity contribution in [2.24, 2.45) is 0 Å². The number of nitrogens with two attached hydrogens (primary N) is 1. The third kappa shape index (κ3) is 4.28. The van der Waals surface area contributed by atoms with E-state index in [1.54, 1.807) is 14.2 Å². The van der Waals surface area contributed by atoms with Crippen molar-refractivity contribution in [1.82, 2.24) is 9.88 Å². The predicted octanol–water partition coefficient (Wildman–Crippen LogP) is 6.63. The molecule has 1 saturated carbocycles. The molecule has 7 heteroatoms. The molecule has 0 aliphatic heterocycles. The van der Waals surface area contributed by atoms with E-state index in [9.17, 15) is 4.79 Å². The van der Waals surface area contributed by atoms with E-state index in [1.807, 2.05) is 66.5 Å². The number of amides is 1. The van der Waals surface area contributed by atoms with Gasteiger partial charge in [-0.3, -0.25) is 4.79 Å². The van der Waals surface area contributed by atoms with Crippen LogP contribution in [0.4, 0.5) is 5.69 Å². The highest BCUT2D eigenvalue weighted by atomic mass is 32.1. The molecule has 0 saturated heterocycles. The largest absolute Gasteiger partial charge is 0.493 e. The van der Waals surface area contributed by atoms with Gasteiger partial charge in [0.05, 0.1) is 25.6 Å². The molecule has 0 atom stereocenters. The summed E-state index contributed by atoms with van der Waals surface area (Å²) in [5.41, 5.74) is 10.7. The van der Waals surface area contributed by atoms with Crippen LogP contribution >= 0.6 is 11.3 Å². The first-order valence-electron chi connectivity index (χ1n) is 12.3. The molecule has 2 N–H and O–H groups in total. The summed E-state index contributed by atoms with van der Waals surface area (Å²) in [6.45, 7) is 0. The summed E-state index contributed by atoms with van der Waals surface area (Å²) >= 11 is 1.37. The van der Waals surface area contributed by atoms with Crippen molar-refractivity contribution in [3.63, 3.8) is 0 Å². The maximum atomic E-state index is 13.6. The number of hydrogen-bond acceptors (Lipinski definition) is 6. The lowest BCUT2D eigenvalue weighted by molar-refractivity contribution is 0.0702. The second-order valence-corrected chi connectivity index (χ2v) is 10.2. The fraction of sp³-hybridized carbons (Fsp3) is 0.310. The van der Waals surface area contributed by atoms with E-state index in [1.165, 1.54) is 17.8 Å². The molecule has 1 aliphatic rings. The molecule has 4 aromatic rings. The Kier molecular flexibility index (Phi) is 6.83. The molecule has 1 amide bonds. The molecule has 2 aromatic carbocycles. The van der Waals surface area contributed by atoms with Gasteiger partial charge in [0.15, 0.2) is 11.5 Å². The Bertz CT molecular complexity index is 1390. The molecule has 5 rings (SSSR count). The van der Waals surface area contributed by atoms with Gasteiger partial charge in [-0.05, 0) is 25.0 Å². The number of ether oxygens (including phenoxy) is 2. The van der Waals surface area contributed by atoms with Crippen molar-refractivity contribution in [3.8, 4) is 33.9 Å². The number of aromatic nitrogens is 1. The van der Waals surface area contributed by atoms with Gasteiger partial charge in [-0.15, -0.1) is 11.3 Å². The highest BCUT2D eigenvalue weighted by Gasteiger charge is 2.28. The monoisotopic (exact) mass is 501 g/mol. The van der Waals surface area contributed by atoms with Crippen LogP contribution in [0.15, 0.2) is 54.6 Å². The van der Waals surface area contributed by atoms with Crippen LogP contribution in [0.3, 0.4) is 0 Å². The minimum Gasteiger partial charge on any atom is -0.493 e. The van der Waals surface area contributed by atoms with Gasteiger partial charge in [-0.25, -0.2) is 4.98 Å². The molecule has 0 spiro atoms. The maximum absolute atomic E-state index is 13.6. The van der Waals surface area contributed by atoms with E-state index in [0.717, 1.165) is 58.3 Å². The summed E-state index contributed by atoms with van der Waals surface area (Å²) in [7, 11) is 5.15. The number of para-hydroxylation sites is 1. The summed E-state index contributed by atoms with van der Waals surface area (Å²) in [4.78, 5) is 21.8. The minimum atomic E-state index is -0.0350. The molecule has 1 fully saturated rings. The molecule has 0 bridgehead atoms. The van der Waals surface area contributed by atoms with Gasteiger partial charge in [-0.1, -0.05) is 61.7 Å². The molecular weight excluding hydrogens is 470 g/mol. The zero-order chi connectivity index (χ0) is 25.2. The van der Waals surface area contributed by atoms with E-state index >= 15 is 0 Å². The number of nitrogen functional groups attached to an aromatic ring is 1. The quantitative estimate of drug-likeness (QED) is 0.321. The summed E-state index contributed by atoms with van der Waals surface area (Å²) in [5.74, 6) is 1.21. The van der Waals surface area contributed by atoms with Crippen molar-refractivity contribution in [2.75, 3.05) is 27.0 Å². The minimum absolute atomic E-state index is 0.0350. The van der Waals surface area contributed by atoms with Gasteiger partial charge in [0.2, 0.25) is 0 Å². The highest BCUT2D eigenvalue weighted by molar-refractivity contribution is 7.21. The molecular formula is C29H31N3O3S. The third-order valence-electron chi connectivity index (χ3n) is 7.10. The van der Waals surface area contributed by atoms with E-state index in [4.69, 9.17) is 20.2 Å². The van der Waals surface area contributed by atoms with E-state index in [0.29, 0.717) is 22.1 Å². The molecule has 36 heavy (non-hydrogen) atoms. The number of benzene rings is 2. The Hall–Kier alpha value is -3.58. The predicted molar refractivity (Wildman–Crippen MR) is 147 cm³/mol. The van der Waals surface area contributed by atoms with Gasteiger partial charge in [0.1, 0.15) is 9.71 Å². The van der Waals surface area contributed by atoms with E-state index in [2.05, 4.69) is 0 Å². The van der Waals surface area contributed by atoms with Crippen molar-refractivity contribution >= 4 is 33.1 Å². The molecule has 0 radical (unpaired) electrons. The van der Waals surface area contributed by atoms with E-state index < -0.39 is 0 Å². The summed E-state index contributed by atoms with van der Waals surface area (Å²) in [6, 6.07) is 18.1. The van der Waals surface area contributed by atoms with Crippen molar-refractivity contribution < 1.29 is 14.3 Å². The number of carbonyl (C=O) groups is 1. The van der Waals surface area contributed by atoms with Crippen LogP contribution < -0.4 is 15.2 Å². The van der Waals surface area contributed by atoms with Gasteiger partial charge >= 0.3 is 0 Å². The van der Waals surface area contributed by atoms with Gasteiger partial charge in [-0.2, -0.15) is 0 Å². The summed E-state index contributed by atoms with van der Waals surface area (Å²) in [5, 5.41) is 0.770. The van der Waals surface area contributed by atoms with Crippen molar-refractivity contribution in [1.29, 1.82) is 0 Å². The highest BCUT2D eigenvalue weighted by Crippen LogP contribution is 2.46. The fourth-order valence-electron chi connectivity index (χ4n) is 5.14. The van der Waals surface area contributed by atoms with E-state index in [-0.39, 0.29) is 11.9 Å². The average molecular weight is 502 g/mol. The maximum Gasteiger partial charge on any atom is 0.266 e. The molecule has 6 nitrogen and oxygen atoms in total. The number of carbonyl (C=O) groups excluding carboxylic acids is 1. The number of rotatable bonds is 6. The van der Waals surface area contributed by atoms with Gasteiger partial charge < -0.3 is 20.1 Å². The van der Waals surface area contributed by atoms with Crippen molar-refractivity contribution in [2.45, 2.75) is 38.1 Å².